The molecule has 0 atom stereocenters. The second-order valence-electron chi connectivity index (χ2n) is 2.56. The maximum atomic E-state index is 10.9. The first-order valence-corrected chi connectivity index (χ1v) is 5.27. The minimum Gasteiger partial charge on any atom is -0.493 e. The highest BCUT2D eigenvalue weighted by molar-refractivity contribution is 7.86. The van der Waals surface area contributed by atoms with Gasteiger partial charge in [0.1, 0.15) is 4.90 Å². The third-order valence-corrected chi connectivity index (χ3v) is 2.61. The summed E-state index contributed by atoms with van der Waals surface area (Å²) in [6.07, 6.45) is 0. The molecule has 14 heavy (non-hydrogen) atoms. The van der Waals surface area contributed by atoms with Crippen LogP contribution in [0.1, 0.15) is 0 Å². The van der Waals surface area contributed by atoms with E-state index in [-0.39, 0.29) is 10.6 Å². The molecule has 0 unspecified atom stereocenters. The molecular weight excluding hydrogens is 206 g/mol. The Morgan fingerprint density at radius 1 is 1.43 bits per heavy atom. The van der Waals surface area contributed by atoms with Crippen molar-refractivity contribution in [3.8, 4) is 5.75 Å². The number of ether oxygens (including phenoxy) is 1. The number of methoxy groups -OCH3 is 1. The summed E-state index contributed by atoms with van der Waals surface area (Å²) in [5.41, 5.74) is 0.502. The van der Waals surface area contributed by atoms with Gasteiger partial charge in [0.2, 0.25) is 0 Å². The summed E-state index contributed by atoms with van der Waals surface area (Å²) in [5, 5.41) is 2.76. The van der Waals surface area contributed by atoms with Gasteiger partial charge in [-0.2, -0.15) is 8.42 Å². The Bertz CT molecular complexity index is 427. The van der Waals surface area contributed by atoms with E-state index in [1.54, 1.807) is 13.1 Å². The molecule has 0 amide bonds. The first-order chi connectivity index (χ1) is 6.50. The van der Waals surface area contributed by atoms with Crippen LogP contribution in [0.15, 0.2) is 23.1 Å². The van der Waals surface area contributed by atoms with Crippen LogP contribution in [0.25, 0.3) is 0 Å². The van der Waals surface area contributed by atoms with Crippen molar-refractivity contribution in [1.29, 1.82) is 0 Å². The highest BCUT2D eigenvalue weighted by atomic mass is 32.2. The maximum Gasteiger partial charge on any atom is 0.298 e. The lowest BCUT2D eigenvalue weighted by Crippen LogP contribution is -2.03. The maximum absolute atomic E-state index is 10.9. The molecule has 0 aromatic heterocycles. The zero-order chi connectivity index (χ0) is 10.8. The number of nitrogens with one attached hydrogen (secondary N) is 1. The van der Waals surface area contributed by atoms with E-state index in [0.717, 1.165) is 0 Å². The second-order valence-corrected chi connectivity index (χ2v) is 3.95. The van der Waals surface area contributed by atoms with Crippen molar-refractivity contribution in [2.45, 2.75) is 4.90 Å². The van der Waals surface area contributed by atoms with Crippen LogP contribution in [0.3, 0.4) is 0 Å². The van der Waals surface area contributed by atoms with Crippen LogP contribution in [-0.4, -0.2) is 27.1 Å². The lowest BCUT2D eigenvalue weighted by molar-refractivity contribution is 0.399. The number of para-hydroxylation sites is 1. The average molecular weight is 217 g/mol. The molecule has 78 valence electrons. The van der Waals surface area contributed by atoms with E-state index in [9.17, 15) is 8.42 Å². The van der Waals surface area contributed by atoms with Crippen molar-refractivity contribution in [3.63, 3.8) is 0 Å². The highest BCUT2D eigenvalue weighted by Gasteiger charge is 2.18. The predicted octanol–water partition coefficient (Wildman–Crippen LogP) is 0.984. The van der Waals surface area contributed by atoms with Gasteiger partial charge in [-0.25, -0.2) is 0 Å². The number of benzene rings is 1. The van der Waals surface area contributed by atoms with Gasteiger partial charge >= 0.3 is 0 Å². The van der Waals surface area contributed by atoms with E-state index in [4.69, 9.17) is 9.29 Å². The molecule has 0 saturated heterocycles. The largest absolute Gasteiger partial charge is 0.493 e. The molecule has 0 radical (unpaired) electrons. The van der Waals surface area contributed by atoms with Crippen molar-refractivity contribution in [2.75, 3.05) is 19.5 Å². The second kappa shape index (κ2) is 3.85. The number of anilines is 1. The minimum absolute atomic E-state index is 0.109. The fraction of sp³-hybridized carbons (Fsp3) is 0.250. The Kier molecular flexibility index (Phi) is 2.97. The SMILES string of the molecule is CNc1cccc(S(=O)(=O)O)c1OC. The van der Waals surface area contributed by atoms with Crippen molar-refractivity contribution in [1.82, 2.24) is 0 Å². The summed E-state index contributed by atoms with van der Waals surface area (Å²) in [5.74, 6) is 0.109. The number of hydrogen-bond acceptors (Lipinski definition) is 4. The summed E-state index contributed by atoms with van der Waals surface area (Å²) in [4.78, 5) is -0.244. The first kappa shape index (κ1) is 10.8. The monoisotopic (exact) mass is 217 g/mol. The summed E-state index contributed by atoms with van der Waals surface area (Å²) >= 11 is 0. The lowest BCUT2D eigenvalue weighted by atomic mass is 10.3. The van der Waals surface area contributed by atoms with E-state index in [2.05, 4.69) is 5.32 Å². The van der Waals surface area contributed by atoms with Crippen molar-refractivity contribution in [2.24, 2.45) is 0 Å². The summed E-state index contributed by atoms with van der Waals surface area (Å²) < 4.78 is 35.6. The molecule has 0 spiro atoms. The standard InChI is InChI=1S/C8H11NO4S/c1-9-6-4-3-5-7(8(6)13-2)14(10,11)12/h3-5,9H,1-2H3,(H,10,11,12). The quantitative estimate of drug-likeness (QED) is 0.738. The van der Waals surface area contributed by atoms with Crippen molar-refractivity contribution >= 4 is 15.8 Å². The van der Waals surface area contributed by atoms with Gasteiger partial charge in [0.25, 0.3) is 10.1 Å². The topological polar surface area (TPSA) is 75.6 Å². The first-order valence-electron chi connectivity index (χ1n) is 3.83. The van der Waals surface area contributed by atoms with E-state index in [1.165, 1.54) is 19.2 Å². The third kappa shape index (κ3) is 1.97. The van der Waals surface area contributed by atoms with Gasteiger partial charge in [-0.3, -0.25) is 4.55 Å². The van der Waals surface area contributed by atoms with Gasteiger partial charge in [-0.1, -0.05) is 6.07 Å². The van der Waals surface area contributed by atoms with Crippen LogP contribution >= 0.6 is 0 Å². The average Bonchev–Trinajstić information content (AvgIpc) is 2.15. The fourth-order valence-corrected chi connectivity index (χ4v) is 1.80. The summed E-state index contributed by atoms with van der Waals surface area (Å²) in [7, 11) is -1.27. The molecule has 0 fully saturated rings. The smallest absolute Gasteiger partial charge is 0.298 e. The zero-order valence-electron chi connectivity index (χ0n) is 7.81. The Hall–Kier alpha value is -1.27. The molecule has 0 aliphatic carbocycles. The Morgan fingerprint density at radius 3 is 2.50 bits per heavy atom. The molecule has 1 aromatic rings. The van der Waals surface area contributed by atoms with Crippen molar-refractivity contribution < 1.29 is 17.7 Å². The molecule has 1 aromatic carbocycles. The van der Waals surface area contributed by atoms with Gasteiger partial charge in [-0.05, 0) is 12.1 Å². The zero-order valence-corrected chi connectivity index (χ0v) is 8.63. The van der Waals surface area contributed by atoms with Crippen LogP contribution in [0, 0.1) is 0 Å². The molecule has 1 rings (SSSR count). The number of hydrogen-bond donors (Lipinski definition) is 2. The van der Waals surface area contributed by atoms with Gasteiger partial charge < -0.3 is 10.1 Å². The van der Waals surface area contributed by atoms with E-state index < -0.39 is 10.1 Å². The van der Waals surface area contributed by atoms with Crippen LogP contribution in [-0.2, 0) is 10.1 Å². The predicted molar refractivity (Wildman–Crippen MR) is 52.4 cm³/mol. The fourth-order valence-electron chi connectivity index (χ4n) is 1.13. The van der Waals surface area contributed by atoms with Crippen LogP contribution in [0.4, 0.5) is 5.69 Å². The minimum atomic E-state index is -4.24. The highest BCUT2D eigenvalue weighted by Crippen LogP contribution is 2.31. The molecule has 0 saturated carbocycles. The molecule has 0 bridgehead atoms. The Balaban J connectivity index is 3.45. The lowest BCUT2D eigenvalue weighted by Gasteiger charge is -2.10. The van der Waals surface area contributed by atoms with Crippen LogP contribution in [0.2, 0.25) is 0 Å². The van der Waals surface area contributed by atoms with E-state index in [0.29, 0.717) is 5.69 Å². The van der Waals surface area contributed by atoms with E-state index in [1.807, 2.05) is 0 Å². The molecule has 0 aliphatic rings. The van der Waals surface area contributed by atoms with Gasteiger partial charge in [0.15, 0.2) is 5.75 Å². The summed E-state index contributed by atoms with van der Waals surface area (Å²) in [6.45, 7) is 0. The van der Waals surface area contributed by atoms with Gasteiger partial charge in [0, 0.05) is 7.05 Å². The molecular formula is C8H11NO4S. The van der Waals surface area contributed by atoms with Crippen LogP contribution < -0.4 is 10.1 Å². The molecule has 0 heterocycles. The Morgan fingerprint density at radius 2 is 2.07 bits per heavy atom. The van der Waals surface area contributed by atoms with Gasteiger partial charge in [-0.15, -0.1) is 0 Å². The molecule has 0 aliphatic heterocycles. The molecule has 2 N–H and O–H groups in total. The van der Waals surface area contributed by atoms with Crippen molar-refractivity contribution in [3.05, 3.63) is 18.2 Å². The Labute approximate surface area is 82.5 Å². The summed E-state index contributed by atoms with van der Waals surface area (Å²) in [6, 6.07) is 4.43. The van der Waals surface area contributed by atoms with Crippen LogP contribution in [0.5, 0.6) is 5.75 Å². The normalized spacial score (nSPS) is 11.1. The van der Waals surface area contributed by atoms with Gasteiger partial charge in [0.05, 0.1) is 12.8 Å². The van der Waals surface area contributed by atoms with E-state index >= 15 is 0 Å². The number of rotatable bonds is 3. The molecule has 5 nitrogen and oxygen atoms in total. The third-order valence-electron chi connectivity index (χ3n) is 1.73. The molecule has 6 heteroatoms.